The Balaban J connectivity index is 1.49. The molecule has 0 aromatic carbocycles. The van der Waals surface area contributed by atoms with Crippen molar-refractivity contribution in [1.82, 2.24) is 20.9 Å². The number of thiophene rings is 1. The van der Waals surface area contributed by atoms with Gasteiger partial charge in [0.05, 0.1) is 0 Å². The van der Waals surface area contributed by atoms with E-state index in [-0.39, 0.29) is 11.8 Å². The fraction of sp³-hybridized carbons (Fsp3) is 0.556. The zero-order valence-electron chi connectivity index (χ0n) is 15.2. The first-order chi connectivity index (χ1) is 12.9. The third-order valence-corrected chi connectivity index (χ3v) is 6.23. The number of nitrogens with zero attached hydrogens (tertiary/aromatic N) is 1. The van der Waals surface area contributed by atoms with Crippen molar-refractivity contribution in [3.63, 3.8) is 0 Å². The van der Waals surface area contributed by atoms with Crippen LogP contribution in [0.1, 0.15) is 37.5 Å². The Morgan fingerprint density at radius 1 is 1.37 bits per heavy atom. The summed E-state index contributed by atoms with van der Waals surface area (Å²) in [5, 5.41) is 9.51. The van der Waals surface area contributed by atoms with Crippen LogP contribution in [-0.4, -0.2) is 47.4 Å². The fourth-order valence-electron chi connectivity index (χ4n) is 3.75. The highest BCUT2D eigenvalue weighted by Gasteiger charge is 2.55. The molecule has 27 heavy (non-hydrogen) atoms. The van der Waals surface area contributed by atoms with Gasteiger partial charge in [-0.1, -0.05) is 25.8 Å². The predicted octanol–water partition coefficient (Wildman–Crippen LogP) is 1.62. The normalized spacial score (nSPS) is 24.8. The van der Waals surface area contributed by atoms with Crippen LogP contribution < -0.4 is 16.0 Å². The molecule has 3 rings (SSSR count). The highest BCUT2D eigenvalue weighted by atomic mass is 32.1. The van der Waals surface area contributed by atoms with Crippen molar-refractivity contribution in [1.29, 1.82) is 0 Å². The lowest BCUT2D eigenvalue weighted by molar-refractivity contribution is -0.137. The summed E-state index contributed by atoms with van der Waals surface area (Å²) in [6, 6.07) is 2.70. The largest absolute Gasteiger partial charge is 0.337 e. The Kier molecular flexibility index (Phi) is 5.79. The van der Waals surface area contributed by atoms with Crippen LogP contribution in [0, 0.1) is 5.92 Å². The number of amides is 6. The first-order valence-corrected chi connectivity index (χ1v) is 10.0. The van der Waals surface area contributed by atoms with E-state index in [1.807, 2.05) is 24.4 Å². The Morgan fingerprint density at radius 3 is 2.89 bits per heavy atom. The van der Waals surface area contributed by atoms with Crippen molar-refractivity contribution >= 4 is 35.2 Å². The van der Waals surface area contributed by atoms with Crippen molar-refractivity contribution in [3.8, 4) is 0 Å². The molecule has 1 saturated carbocycles. The van der Waals surface area contributed by atoms with E-state index >= 15 is 0 Å². The summed E-state index contributed by atoms with van der Waals surface area (Å²) in [5.41, 5.74) is -0.904. The smallest absolute Gasteiger partial charge is 0.325 e. The molecule has 6 amide bonds. The molecule has 0 radical (unpaired) electrons. The average molecular weight is 392 g/mol. The van der Waals surface area contributed by atoms with E-state index in [2.05, 4.69) is 16.0 Å². The maximum atomic E-state index is 12.8. The predicted molar refractivity (Wildman–Crippen MR) is 100 cm³/mol. The van der Waals surface area contributed by atoms with Crippen molar-refractivity contribution < 1.29 is 19.2 Å². The molecule has 146 valence electrons. The van der Waals surface area contributed by atoms with Gasteiger partial charge >= 0.3 is 12.1 Å². The number of hydrogen-bond acceptors (Lipinski definition) is 5. The van der Waals surface area contributed by atoms with Crippen molar-refractivity contribution in [2.24, 2.45) is 5.92 Å². The van der Waals surface area contributed by atoms with E-state index in [4.69, 9.17) is 0 Å². The summed E-state index contributed by atoms with van der Waals surface area (Å²) in [5.74, 6) is -1.03. The van der Waals surface area contributed by atoms with Gasteiger partial charge in [0.2, 0.25) is 5.91 Å². The van der Waals surface area contributed by atoms with Gasteiger partial charge in [-0.15, -0.1) is 11.3 Å². The van der Waals surface area contributed by atoms with Gasteiger partial charge in [-0.2, -0.15) is 0 Å². The third kappa shape index (κ3) is 4.13. The lowest BCUT2D eigenvalue weighted by Crippen LogP contribution is -2.54. The molecule has 1 spiro atoms. The second kappa shape index (κ2) is 8.08. The second-order valence-corrected chi connectivity index (χ2v) is 8.11. The summed E-state index contributed by atoms with van der Waals surface area (Å²) in [6.45, 7) is 1.88. The number of imide groups is 2. The van der Waals surface area contributed by atoms with E-state index in [9.17, 15) is 19.2 Å². The summed E-state index contributed by atoms with van der Waals surface area (Å²) < 4.78 is 0. The van der Waals surface area contributed by atoms with E-state index in [1.54, 1.807) is 11.3 Å². The maximum Gasteiger partial charge on any atom is 0.325 e. The molecule has 2 aliphatic rings. The van der Waals surface area contributed by atoms with Crippen LogP contribution in [0.5, 0.6) is 0 Å². The molecule has 3 N–H and O–H groups in total. The lowest BCUT2D eigenvalue weighted by Gasteiger charge is -2.36. The Morgan fingerprint density at radius 2 is 2.19 bits per heavy atom. The molecule has 1 aliphatic heterocycles. The van der Waals surface area contributed by atoms with Crippen LogP contribution in [0.4, 0.5) is 9.59 Å². The molecule has 1 aromatic rings. The standard InChI is InChI=1S/C18H24N4O4S/c1-12-5-2-3-8-18(12)15(24)22(17(26)21-18)11-14(23)20-16(25)19-9-7-13-6-4-10-27-13/h4,6,10,12H,2-3,5,7-9,11H2,1H3,(H,21,26)(H2,19,20,23,25). The highest BCUT2D eigenvalue weighted by molar-refractivity contribution is 7.09. The zero-order valence-corrected chi connectivity index (χ0v) is 16.1. The molecule has 1 saturated heterocycles. The number of rotatable bonds is 5. The molecule has 1 aromatic heterocycles. The van der Waals surface area contributed by atoms with Crippen molar-refractivity contribution in [2.45, 2.75) is 44.6 Å². The minimum atomic E-state index is -0.904. The zero-order chi connectivity index (χ0) is 19.4. The van der Waals surface area contributed by atoms with Crippen molar-refractivity contribution in [3.05, 3.63) is 22.4 Å². The molecular weight excluding hydrogens is 368 g/mol. The molecule has 9 heteroatoms. The Labute approximate surface area is 161 Å². The van der Waals surface area contributed by atoms with E-state index < -0.39 is 30.1 Å². The second-order valence-electron chi connectivity index (χ2n) is 7.07. The lowest BCUT2D eigenvalue weighted by atomic mass is 9.73. The Bertz CT molecular complexity index is 736. The van der Waals surface area contributed by atoms with Crippen LogP contribution in [-0.2, 0) is 16.0 Å². The van der Waals surface area contributed by atoms with Crippen LogP contribution in [0.3, 0.4) is 0 Å². The number of nitrogens with one attached hydrogen (secondary N) is 3. The number of hydrogen-bond donors (Lipinski definition) is 3. The number of urea groups is 2. The minimum absolute atomic E-state index is 0.0244. The van der Waals surface area contributed by atoms with E-state index in [0.29, 0.717) is 19.4 Å². The van der Waals surface area contributed by atoms with Crippen LogP contribution in [0.2, 0.25) is 0 Å². The molecule has 8 nitrogen and oxygen atoms in total. The minimum Gasteiger partial charge on any atom is -0.337 e. The molecule has 2 fully saturated rings. The summed E-state index contributed by atoms with van der Waals surface area (Å²) >= 11 is 1.59. The number of carbonyl (C=O) groups excluding carboxylic acids is 4. The first kappa shape index (κ1) is 19.3. The first-order valence-electron chi connectivity index (χ1n) is 9.16. The highest BCUT2D eigenvalue weighted by Crippen LogP contribution is 2.38. The molecule has 0 bridgehead atoms. The quantitative estimate of drug-likeness (QED) is 0.662. The van der Waals surface area contributed by atoms with E-state index in [0.717, 1.165) is 29.0 Å². The maximum absolute atomic E-state index is 12.8. The summed E-state index contributed by atoms with van der Waals surface area (Å²) in [4.78, 5) is 51.0. The topological polar surface area (TPSA) is 108 Å². The molecular formula is C18H24N4O4S. The Hall–Kier alpha value is -2.42. The van der Waals surface area contributed by atoms with Gasteiger partial charge in [0.1, 0.15) is 12.1 Å². The van der Waals surface area contributed by atoms with Gasteiger partial charge < -0.3 is 10.6 Å². The van der Waals surface area contributed by atoms with Crippen LogP contribution in [0.15, 0.2) is 17.5 Å². The number of carbonyl (C=O) groups is 4. The van der Waals surface area contributed by atoms with Gasteiger partial charge in [-0.3, -0.25) is 19.8 Å². The molecule has 2 unspecified atom stereocenters. The monoisotopic (exact) mass is 392 g/mol. The van der Waals surface area contributed by atoms with Crippen molar-refractivity contribution in [2.75, 3.05) is 13.1 Å². The van der Waals surface area contributed by atoms with Gasteiger partial charge in [-0.05, 0) is 36.6 Å². The van der Waals surface area contributed by atoms with Gasteiger partial charge in [0.25, 0.3) is 5.91 Å². The fourth-order valence-corrected chi connectivity index (χ4v) is 4.46. The molecule has 2 heterocycles. The van der Waals surface area contributed by atoms with Crippen LogP contribution >= 0.6 is 11.3 Å². The summed E-state index contributed by atoms with van der Waals surface area (Å²) in [7, 11) is 0. The van der Waals surface area contributed by atoms with Gasteiger partial charge in [0, 0.05) is 11.4 Å². The average Bonchev–Trinajstić information content (AvgIpc) is 3.21. The molecule has 2 atom stereocenters. The van der Waals surface area contributed by atoms with Gasteiger partial charge in [0.15, 0.2) is 0 Å². The SMILES string of the molecule is CC1CCCCC12NC(=O)N(CC(=O)NC(=O)NCCc1cccs1)C2=O. The van der Waals surface area contributed by atoms with E-state index in [1.165, 1.54) is 0 Å². The third-order valence-electron chi connectivity index (χ3n) is 5.29. The molecule has 1 aliphatic carbocycles. The summed E-state index contributed by atoms with van der Waals surface area (Å²) in [6.07, 6.45) is 4.01. The van der Waals surface area contributed by atoms with Gasteiger partial charge in [-0.25, -0.2) is 9.59 Å². The van der Waals surface area contributed by atoms with Crippen LogP contribution in [0.25, 0.3) is 0 Å².